The molecule has 0 amide bonds. The van der Waals surface area contributed by atoms with Crippen LogP contribution in [0.2, 0.25) is 0 Å². The molecule has 23 heavy (non-hydrogen) atoms. The standard InChI is InChI=1S/C16H31N3O2.C2H6/c20-16-11-15(12-16)19(13-14-1-3-17-4-2-14)6-5-18-7-9-21-10-8-18;1-2/h14-17,20H,1-13H2;1-2H3. The van der Waals surface area contributed by atoms with E-state index in [2.05, 4.69) is 15.1 Å². The van der Waals surface area contributed by atoms with Gasteiger partial charge in [0.15, 0.2) is 0 Å². The molecule has 0 atom stereocenters. The smallest absolute Gasteiger partial charge is 0.0594 e. The zero-order valence-corrected chi connectivity index (χ0v) is 15.2. The average Bonchev–Trinajstić information content (AvgIpc) is 2.60. The number of nitrogens with zero attached hydrogens (tertiary/aromatic N) is 2. The summed E-state index contributed by atoms with van der Waals surface area (Å²) in [4.78, 5) is 5.19. The molecule has 0 unspecified atom stereocenters. The van der Waals surface area contributed by atoms with Gasteiger partial charge >= 0.3 is 0 Å². The maximum absolute atomic E-state index is 9.63. The predicted octanol–water partition coefficient (Wildman–Crippen LogP) is 1.17. The van der Waals surface area contributed by atoms with E-state index in [0.717, 1.165) is 58.2 Å². The van der Waals surface area contributed by atoms with Gasteiger partial charge in [-0.2, -0.15) is 0 Å². The lowest BCUT2D eigenvalue weighted by Crippen LogP contribution is -2.52. The molecule has 0 bridgehead atoms. The topological polar surface area (TPSA) is 48.0 Å². The molecule has 0 aromatic heterocycles. The van der Waals surface area contributed by atoms with Crippen LogP contribution in [0.25, 0.3) is 0 Å². The van der Waals surface area contributed by atoms with Gasteiger partial charge in [0.2, 0.25) is 0 Å². The van der Waals surface area contributed by atoms with Gasteiger partial charge in [0, 0.05) is 38.8 Å². The van der Waals surface area contributed by atoms with Crippen LogP contribution >= 0.6 is 0 Å². The molecule has 0 spiro atoms. The third kappa shape index (κ3) is 6.31. The minimum Gasteiger partial charge on any atom is -0.393 e. The van der Waals surface area contributed by atoms with Crippen molar-refractivity contribution in [3.8, 4) is 0 Å². The van der Waals surface area contributed by atoms with Gasteiger partial charge in [0.25, 0.3) is 0 Å². The summed E-state index contributed by atoms with van der Waals surface area (Å²) < 4.78 is 5.43. The second-order valence-electron chi connectivity index (χ2n) is 6.92. The second-order valence-corrected chi connectivity index (χ2v) is 6.92. The summed E-state index contributed by atoms with van der Waals surface area (Å²) in [6.45, 7) is 13.8. The summed E-state index contributed by atoms with van der Waals surface area (Å²) in [6.07, 6.45) is 4.53. The first-order valence-corrected chi connectivity index (χ1v) is 9.74. The maximum Gasteiger partial charge on any atom is 0.0594 e. The van der Waals surface area contributed by atoms with E-state index in [9.17, 15) is 5.11 Å². The molecule has 3 fully saturated rings. The number of nitrogens with one attached hydrogen (secondary N) is 1. The summed E-state index contributed by atoms with van der Waals surface area (Å²) in [5.41, 5.74) is 0. The van der Waals surface area contributed by atoms with Crippen LogP contribution in [0.4, 0.5) is 0 Å². The lowest BCUT2D eigenvalue weighted by molar-refractivity contribution is -0.0164. The molecule has 2 saturated heterocycles. The molecule has 2 heterocycles. The van der Waals surface area contributed by atoms with Crippen LogP contribution in [0.15, 0.2) is 0 Å². The van der Waals surface area contributed by atoms with E-state index < -0.39 is 0 Å². The molecular weight excluding hydrogens is 290 g/mol. The lowest BCUT2D eigenvalue weighted by Gasteiger charge is -2.43. The summed E-state index contributed by atoms with van der Waals surface area (Å²) in [5, 5.41) is 13.1. The van der Waals surface area contributed by atoms with Gasteiger partial charge in [0.1, 0.15) is 0 Å². The Morgan fingerprint density at radius 1 is 1.13 bits per heavy atom. The fourth-order valence-electron chi connectivity index (χ4n) is 3.77. The van der Waals surface area contributed by atoms with Crippen LogP contribution in [0.3, 0.4) is 0 Å². The highest BCUT2D eigenvalue weighted by Gasteiger charge is 2.33. The Morgan fingerprint density at radius 3 is 2.39 bits per heavy atom. The van der Waals surface area contributed by atoms with E-state index in [4.69, 9.17) is 4.74 Å². The van der Waals surface area contributed by atoms with Gasteiger partial charge in [0.05, 0.1) is 19.3 Å². The van der Waals surface area contributed by atoms with Crippen LogP contribution < -0.4 is 5.32 Å². The van der Waals surface area contributed by atoms with E-state index in [-0.39, 0.29) is 6.10 Å². The highest BCUT2D eigenvalue weighted by molar-refractivity contribution is 4.89. The molecular formula is C18H37N3O2. The van der Waals surface area contributed by atoms with Crippen LogP contribution in [-0.4, -0.2) is 86.1 Å². The molecule has 0 radical (unpaired) electrons. The van der Waals surface area contributed by atoms with E-state index in [1.54, 1.807) is 0 Å². The van der Waals surface area contributed by atoms with Crippen molar-refractivity contribution < 1.29 is 9.84 Å². The first-order chi connectivity index (χ1) is 11.3. The number of ether oxygens (including phenoxy) is 1. The predicted molar refractivity (Wildman–Crippen MR) is 94.8 cm³/mol. The van der Waals surface area contributed by atoms with Crippen molar-refractivity contribution in [3.63, 3.8) is 0 Å². The minimum absolute atomic E-state index is 0.0473. The molecule has 5 heteroatoms. The van der Waals surface area contributed by atoms with Gasteiger partial charge in [-0.3, -0.25) is 9.80 Å². The third-order valence-corrected chi connectivity index (χ3v) is 5.36. The second kappa shape index (κ2) is 10.6. The normalized spacial score (nSPS) is 29.7. The number of aliphatic hydroxyl groups is 1. The quantitative estimate of drug-likeness (QED) is 0.767. The number of hydrogen-bond acceptors (Lipinski definition) is 5. The van der Waals surface area contributed by atoms with Crippen molar-refractivity contribution in [1.29, 1.82) is 0 Å². The monoisotopic (exact) mass is 327 g/mol. The van der Waals surface area contributed by atoms with E-state index in [1.165, 1.54) is 32.5 Å². The SMILES string of the molecule is CC.OC1CC(N(CCN2CCOCC2)CC2CCNCC2)C1. The van der Waals surface area contributed by atoms with Crippen LogP contribution in [0.5, 0.6) is 0 Å². The molecule has 0 aromatic rings. The van der Waals surface area contributed by atoms with E-state index >= 15 is 0 Å². The van der Waals surface area contributed by atoms with Crippen molar-refractivity contribution in [2.24, 2.45) is 5.92 Å². The molecule has 3 aliphatic rings. The number of aliphatic hydroxyl groups excluding tert-OH is 1. The molecule has 0 aromatic carbocycles. The Bertz CT molecular complexity index is 299. The molecule has 1 aliphatic carbocycles. The van der Waals surface area contributed by atoms with Crippen molar-refractivity contribution in [2.75, 3.05) is 59.0 Å². The summed E-state index contributed by atoms with van der Waals surface area (Å²) in [5.74, 6) is 0.841. The lowest BCUT2D eigenvalue weighted by atomic mass is 9.86. The Kier molecular flexibility index (Phi) is 8.83. The maximum atomic E-state index is 9.63. The minimum atomic E-state index is -0.0473. The number of piperidine rings is 1. The number of morpholine rings is 1. The Labute approximate surface area is 142 Å². The molecule has 1 saturated carbocycles. The molecule has 5 nitrogen and oxygen atoms in total. The highest BCUT2D eigenvalue weighted by Crippen LogP contribution is 2.27. The van der Waals surface area contributed by atoms with Crippen LogP contribution in [0, 0.1) is 5.92 Å². The Balaban J connectivity index is 0.000000924. The first-order valence-electron chi connectivity index (χ1n) is 9.74. The zero-order valence-electron chi connectivity index (χ0n) is 15.2. The molecule has 136 valence electrons. The zero-order chi connectivity index (χ0) is 16.5. The van der Waals surface area contributed by atoms with E-state index in [1.807, 2.05) is 13.8 Å². The number of rotatable bonds is 6. The molecule has 2 N–H and O–H groups in total. The third-order valence-electron chi connectivity index (χ3n) is 5.36. The van der Waals surface area contributed by atoms with Crippen LogP contribution in [-0.2, 0) is 4.74 Å². The summed E-state index contributed by atoms with van der Waals surface area (Å²) >= 11 is 0. The van der Waals surface area contributed by atoms with Gasteiger partial charge in [-0.15, -0.1) is 0 Å². The molecule has 3 rings (SSSR count). The van der Waals surface area contributed by atoms with Gasteiger partial charge in [-0.25, -0.2) is 0 Å². The van der Waals surface area contributed by atoms with Crippen LogP contribution in [0.1, 0.15) is 39.5 Å². The Morgan fingerprint density at radius 2 is 1.78 bits per heavy atom. The van der Waals surface area contributed by atoms with Crippen molar-refractivity contribution in [2.45, 2.75) is 51.7 Å². The average molecular weight is 328 g/mol. The first kappa shape index (κ1) is 19.1. The largest absolute Gasteiger partial charge is 0.393 e. The fourth-order valence-corrected chi connectivity index (χ4v) is 3.77. The van der Waals surface area contributed by atoms with Crippen molar-refractivity contribution in [3.05, 3.63) is 0 Å². The van der Waals surface area contributed by atoms with Gasteiger partial charge < -0.3 is 15.2 Å². The highest BCUT2D eigenvalue weighted by atomic mass is 16.5. The van der Waals surface area contributed by atoms with Crippen molar-refractivity contribution in [1.82, 2.24) is 15.1 Å². The number of hydrogen-bond donors (Lipinski definition) is 2. The van der Waals surface area contributed by atoms with Gasteiger partial charge in [-0.05, 0) is 44.7 Å². The van der Waals surface area contributed by atoms with E-state index in [0.29, 0.717) is 6.04 Å². The van der Waals surface area contributed by atoms with Gasteiger partial charge in [-0.1, -0.05) is 13.8 Å². The summed E-state index contributed by atoms with van der Waals surface area (Å²) in [7, 11) is 0. The summed E-state index contributed by atoms with van der Waals surface area (Å²) in [6, 6.07) is 0.621. The Hall–Kier alpha value is -0.200. The molecule has 2 aliphatic heterocycles. The van der Waals surface area contributed by atoms with Crippen molar-refractivity contribution >= 4 is 0 Å². The fraction of sp³-hybridized carbons (Fsp3) is 1.00.